The van der Waals surface area contributed by atoms with Gasteiger partial charge in [-0.2, -0.15) is 0 Å². The fourth-order valence-corrected chi connectivity index (χ4v) is 3.83. The summed E-state index contributed by atoms with van der Waals surface area (Å²) in [6.45, 7) is 8.17. The quantitative estimate of drug-likeness (QED) is 0.475. The fraction of sp³-hybridized carbons (Fsp3) is 0.600. The molecular weight excluding hydrogens is 286 g/mol. The van der Waals surface area contributed by atoms with Crippen LogP contribution in [-0.2, 0) is 17.9 Å². The molecule has 1 aromatic rings. The van der Waals surface area contributed by atoms with E-state index in [1.54, 1.807) is 12.1 Å². The molecule has 7 heteroatoms. The molecule has 4 heterocycles. The Morgan fingerprint density at radius 3 is 2.64 bits per heavy atom. The van der Waals surface area contributed by atoms with Crippen molar-refractivity contribution >= 4 is 5.69 Å². The molecule has 3 fully saturated rings. The van der Waals surface area contributed by atoms with E-state index in [2.05, 4.69) is 4.90 Å². The highest BCUT2D eigenvalue weighted by Crippen LogP contribution is 2.35. The zero-order valence-electron chi connectivity index (χ0n) is 12.5. The van der Waals surface area contributed by atoms with E-state index in [0.717, 1.165) is 67.2 Å². The van der Waals surface area contributed by atoms with Gasteiger partial charge in [-0.25, -0.2) is 0 Å². The topological polar surface area (TPSA) is 64.8 Å². The van der Waals surface area contributed by atoms with Gasteiger partial charge in [0.25, 0.3) is 5.69 Å². The van der Waals surface area contributed by atoms with Crippen molar-refractivity contribution in [3.63, 3.8) is 0 Å². The third kappa shape index (κ3) is 2.35. The van der Waals surface area contributed by atoms with E-state index < -0.39 is 0 Å². The van der Waals surface area contributed by atoms with E-state index in [4.69, 9.17) is 9.47 Å². The Labute approximate surface area is 128 Å². The van der Waals surface area contributed by atoms with Crippen molar-refractivity contribution in [2.75, 3.05) is 46.1 Å². The molecule has 0 atom stereocenters. The van der Waals surface area contributed by atoms with Gasteiger partial charge < -0.3 is 14.0 Å². The van der Waals surface area contributed by atoms with Crippen LogP contribution in [0, 0.1) is 10.1 Å². The number of quaternary nitrogens is 1. The number of rotatable bonds is 3. The third-order valence-corrected chi connectivity index (χ3v) is 5.16. The van der Waals surface area contributed by atoms with Gasteiger partial charge in [0.1, 0.15) is 12.3 Å². The third-order valence-electron chi connectivity index (χ3n) is 5.16. The van der Waals surface area contributed by atoms with Crippen LogP contribution in [0.25, 0.3) is 0 Å². The van der Waals surface area contributed by atoms with E-state index in [9.17, 15) is 10.1 Å². The number of nitro groups is 1. The summed E-state index contributed by atoms with van der Waals surface area (Å²) in [4.78, 5) is 13.4. The molecule has 3 saturated heterocycles. The van der Waals surface area contributed by atoms with E-state index in [1.165, 1.54) is 0 Å². The monoisotopic (exact) mass is 306 g/mol. The van der Waals surface area contributed by atoms with Crippen LogP contribution in [0.3, 0.4) is 0 Å². The first kappa shape index (κ1) is 13.9. The normalized spacial score (nSPS) is 29.7. The van der Waals surface area contributed by atoms with Gasteiger partial charge in [-0.3, -0.25) is 15.0 Å². The minimum Gasteiger partial charge on any atom is -0.467 e. The second kappa shape index (κ2) is 5.19. The maximum atomic E-state index is 11.2. The molecule has 0 amide bonds. The van der Waals surface area contributed by atoms with Crippen molar-refractivity contribution in [3.8, 4) is 5.75 Å². The molecule has 0 saturated carbocycles. The van der Waals surface area contributed by atoms with Gasteiger partial charge in [0, 0.05) is 37.3 Å². The van der Waals surface area contributed by atoms with Gasteiger partial charge in [-0.05, 0) is 0 Å². The Bertz CT molecular complexity index is 597. The molecule has 0 unspecified atom stereocenters. The van der Waals surface area contributed by atoms with Crippen molar-refractivity contribution in [3.05, 3.63) is 33.4 Å². The largest absolute Gasteiger partial charge is 0.467 e. The Balaban J connectivity index is 1.70. The maximum Gasteiger partial charge on any atom is 0.270 e. The predicted molar refractivity (Wildman–Crippen MR) is 78.4 cm³/mol. The molecule has 22 heavy (non-hydrogen) atoms. The molecule has 7 nitrogen and oxygen atoms in total. The first-order chi connectivity index (χ1) is 10.7. The first-order valence-electron chi connectivity index (χ1n) is 7.73. The average Bonchev–Trinajstić information content (AvgIpc) is 2.56. The summed E-state index contributed by atoms with van der Waals surface area (Å²) in [6.07, 6.45) is 0. The van der Waals surface area contributed by atoms with Crippen molar-refractivity contribution in [2.24, 2.45) is 0 Å². The van der Waals surface area contributed by atoms with Crippen LogP contribution in [0.2, 0.25) is 0 Å². The van der Waals surface area contributed by atoms with Crippen molar-refractivity contribution in [1.29, 1.82) is 0 Å². The van der Waals surface area contributed by atoms with Crippen LogP contribution >= 0.6 is 0 Å². The van der Waals surface area contributed by atoms with Gasteiger partial charge in [0.05, 0.1) is 36.7 Å². The summed E-state index contributed by atoms with van der Waals surface area (Å²) < 4.78 is 12.0. The van der Waals surface area contributed by atoms with E-state index in [-0.39, 0.29) is 17.4 Å². The molecule has 0 aromatic heterocycles. The van der Waals surface area contributed by atoms with Crippen LogP contribution in [0.15, 0.2) is 12.1 Å². The highest BCUT2D eigenvalue weighted by Gasteiger charge is 2.39. The summed E-state index contributed by atoms with van der Waals surface area (Å²) in [5.74, 6) is 0.803. The van der Waals surface area contributed by atoms with E-state index >= 15 is 0 Å². The molecule has 0 spiro atoms. The Morgan fingerprint density at radius 1 is 1.23 bits per heavy atom. The maximum absolute atomic E-state index is 11.2. The van der Waals surface area contributed by atoms with Gasteiger partial charge in [0.15, 0.2) is 6.79 Å². The number of ether oxygens (including phenoxy) is 2. The Hall–Kier alpha value is -1.70. The number of nitro benzene ring substituents is 1. The number of nitrogens with zero attached hydrogens (tertiary/aromatic N) is 3. The van der Waals surface area contributed by atoms with E-state index in [1.807, 2.05) is 0 Å². The van der Waals surface area contributed by atoms with Crippen LogP contribution in [0.5, 0.6) is 5.75 Å². The number of fused-ring (bicyclic) bond motifs is 4. The molecular formula is C15H20N3O4+. The molecule has 0 radical (unpaired) electrons. The minimum atomic E-state index is -0.327. The highest BCUT2D eigenvalue weighted by atomic mass is 16.7. The summed E-state index contributed by atoms with van der Waals surface area (Å²) in [5.41, 5.74) is 1.89. The fourth-order valence-electron chi connectivity index (χ4n) is 3.83. The summed E-state index contributed by atoms with van der Waals surface area (Å²) >= 11 is 0. The number of piperazine rings is 3. The number of hydrogen-bond donors (Lipinski definition) is 0. The van der Waals surface area contributed by atoms with Crippen LogP contribution in [-0.4, -0.2) is 60.4 Å². The lowest BCUT2D eigenvalue weighted by atomic mass is 10.0. The lowest BCUT2D eigenvalue weighted by molar-refractivity contribution is -0.953. The lowest BCUT2D eigenvalue weighted by Crippen LogP contribution is -2.66. The SMILES string of the molecule is O=[N+]([O-])c1cc2c(c(C[N+]34CCN(CC3)CC4)c1)OCOC2. The smallest absolute Gasteiger partial charge is 0.270 e. The number of non-ortho nitro benzene ring substituents is 1. The Kier molecular flexibility index (Phi) is 3.28. The number of hydrogen-bond acceptors (Lipinski definition) is 5. The molecule has 118 valence electrons. The molecule has 5 rings (SSSR count). The highest BCUT2D eigenvalue weighted by molar-refractivity contribution is 5.50. The molecule has 2 bridgehead atoms. The minimum absolute atomic E-state index is 0.136. The standard InChI is InChI=1S/C15H20N3O4/c19-17(20)14-7-12(15-13(8-14)10-21-11-22-15)9-18-4-1-16(2-5-18)3-6-18/h7-8H,1-6,9-11H2/q+1. The molecule has 0 N–H and O–H groups in total. The summed E-state index contributed by atoms with van der Waals surface area (Å²) in [6, 6.07) is 3.27. The zero-order chi connectivity index (χ0) is 15.2. The zero-order valence-corrected chi connectivity index (χ0v) is 12.5. The average molecular weight is 306 g/mol. The summed E-state index contributed by atoms with van der Waals surface area (Å²) in [5, 5.41) is 11.2. The van der Waals surface area contributed by atoms with Gasteiger partial charge in [0.2, 0.25) is 0 Å². The molecule has 4 aliphatic rings. The number of benzene rings is 1. The van der Waals surface area contributed by atoms with Gasteiger partial charge in [-0.1, -0.05) is 0 Å². The second-order valence-corrected chi connectivity index (χ2v) is 6.47. The van der Waals surface area contributed by atoms with Crippen molar-refractivity contribution in [1.82, 2.24) is 4.90 Å². The lowest BCUT2D eigenvalue weighted by Gasteiger charge is -2.50. The van der Waals surface area contributed by atoms with Crippen LogP contribution < -0.4 is 4.74 Å². The van der Waals surface area contributed by atoms with Crippen LogP contribution in [0.4, 0.5) is 5.69 Å². The van der Waals surface area contributed by atoms with E-state index in [0.29, 0.717) is 6.61 Å². The first-order valence-corrected chi connectivity index (χ1v) is 7.73. The molecule has 1 aromatic carbocycles. The van der Waals surface area contributed by atoms with Gasteiger partial charge >= 0.3 is 0 Å². The predicted octanol–water partition coefficient (Wildman–Crippen LogP) is 1.11. The van der Waals surface area contributed by atoms with Crippen molar-refractivity contribution in [2.45, 2.75) is 13.2 Å². The molecule has 0 aliphatic carbocycles. The molecule has 4 aliphatic heterocycles. The van der Waals surface area contributed by atoms with Crippen molar-refractivity contribution < 1.29 is 18.9 Å². The Morgan fingerprint density at radius 2 is 1.95 bits per heavy atom. The van der Waals surface area contributed by atoms with Gasteiger partial charge in [-0.15, -0.1) is 0 Å². The second-order valence-electron chi connectivity index (χ2n) is 6.47. The summed E-state index contributed by atoms with van der Waals surface area (Å²) in [7, 11) is 0. The van der Waals surface area contributed by atoms with Crippen LogP contribution in [0.1, 0.15) is 11.1 Å².